The number of ether oxygens (including phenoxy) is 1. The Balaban J connectivity index is 1.93. The summed E-state index contributed by atoms with van der Waals surface area (Å²) in [5, 5.41) is 4.04. The average Bonchev–Trinajstić information content (AvgIpc) is 3.00. The Morgan fingerprint density at radius 3 is 2.29 bits per heavy atom. The van der Waals surface area contributed by atoms with E-state index in [1.54, 1.807) is 7.11 Å². The second-order valence-electron chi connectivity index (χ2n) is 4.95. The van der Waals surface area contributed by atoms with Gasteiger partial charge in [0.2, 0.25) is 5.82 Å². The monoisotopic (exact) mass is 280 g/mol. The van der Waals surface area contributed by atoms with Crippen LogP contribution in [0.3, 0.4) is 0 Å². The maximum atomic E-state index is 5.36. The van der Waals surface area contributed by atoms with E-state index in [2.05, 4.69) is 36.1 Å². The minimum Gasteiger partial charge on any atom is -0.497 e. The van der Waals surface area contributed by atoms with Crippen LogP contribution >= 0.6 is 0 Å². The smallest absolute Gasteiger partial charge is 0.258 e. The van der Waals surface area contributed by atoms with Crippen molar-refractivity contribution >= 4 is 0 Å². The zero-order valence-corrected chi connectivity index (χ0v) is 12.3. The topological polar surface area (TPSA) is 48.2 Å². The van der Waals surface area contributed by atoms with Gasteiger partial charge < -0.3 is 9.26 Å². The molecule has 0 N–H and O–H groups in total. The molecule has 4 heteroatoms. The highest BCUT2D eigenvalue weighted by Gasteiger charge is 2.11. The standard InChI is InChI=1S/C17H16N2O2/c1-11-4-5-14(10-12(11)2)17-18-16(19-21-17)13-6-8-15(20-3)9-7-13/h4-10H,1-3H3. The lowest BCUT2D eigenvalue weighted by Gasteiger charge is -2.00. The Labute approximate surface area is 123 Å². The highest BCUT2D eigenvalue weighted by Crippen LogP contribution is 2.25. The maximum absolute atomic E-state index is 5.36. The lowest BCUT2D eigenvalue weighted by atomic mass is 10.1. The Morgan fingerprint density at radius 2 is 1.62 bits per heavy atom. The van der Waals surface area contributed by atoms with E-state index in [4.69, 9.17) is 9.26 Å². The maximum Gasteiger partial charge on any atom is 0.258 e. The van der Waals surface area contributed by atoms with E-state index in [0.29, 0.717) is 11.7 Å². The van der Waals surface area contributed by atoms with Gasteiger partial charge in [0.05, 0.1) is 7.11 Å². The molecule has 0 radical (unpaired) electrons. The predicted molar refractivity (Wildman–Crippen MR) is 81.2 cm³/mol. The zero-order valence-electron chi connectivity index (χ0n) is 12.3. The molecule has 2 aromatic carbocycles. The molecular weight excluding hydrogens is 264 g/mol. The molecular formula is C17H16N2O2. The van der Waals surface area contributed by atoms with E-state index in [1.165, 1.54) is 11.1 Å². The number of hydrogen-bond donors (Lipinski definition) is 0. The molecule has 0 aliphatic carbocycles. The molecule has 0 unspecified atom stereocenters. The molecule has 0 spiro atoms. The number of methoxy groups -OCH3 is 1. The van der Waals surface area contributed by atoms with Crippen molar-refractivity contribution < 1.29 is 9.26 Å². The third kappa shape index (κ3) is 2.65. The van der Waals surface area contributed by atoms with Gasteiger partial charge >= 0.3 is 0 Å². The predicted octanol–water partition coefficient (Wildman–Crippen LogP) is 4.03. The first-order valence-electron chi connectivity index (χ1n) is 6.73. The van der Waals surface area contributed by atoms with Gasteiger partial charge in [0.1, 0.15) is 5.75 Å². The SMILES string of the molecule is COc1ccc(-c2noc(-c3ccc(C)c(C)c3)n2)cc1. The third-order valence-electron chi connectivity index (χ3n) is 3.53. The van der Waals surface area contributed by atoms with Crippen molar-refractivity contribution in [3.8, 4) is 28.6 Å². The largest absolute Gasteiger partial charge is 0.497 e. The van der Waals surface area contributed by atoms with Crippen molar-refractivity contribution in [3.05, 3.63) is 53.6 Å². The normalized spacial score (nSPS) is 10.6. The van der Waals surface area contributed by atoms with Crippen LogP contribution in [0.15, 0.2) is 47.0 Å². The van der Waals surface area contributed by atoms with Gasteiger partial charge in [-0.05, 0) is 61.4 Å². The number of rotatable bonds is 3. The van der Waals surface area contributed by atoms with Crippen LogP contribution < -0.4 is 4.74 Å². The Morgan fingerprint density at radius 1 is 0.905 bits per heavy atom. The second kappa shape index (κ2) is 5.40. The van der Waals surface area contributed by atoms with Crippen LogP contribution in [0, 0.1) is 13.8 Å². The molecule has 0 amide bonds. The van der Waals surface area contributed by atoms with Crippen LogP contribution in [-0.2, 0) is 0 Å². The van der Waals surface area contributed by atoms with Crippen molar-refractivity contribution in [2.75, 3.05) is 7.11 Å². The number of aromatic nitrogens is 2. The first-order valence-corrected chi connectivity index (χ1v) is 6.73. The molecule has 0 bridgehead atoms. The van der Waals surface area contributed by atoms with Gasteiger partial charge in [-0.1, -0.05) is 11.2 Å². The number of benzene rings is 2. The van der Waals surface area contributed by atoms with Crippen LogP contribution in [0.2, 0.25) is 0 Å². The zero-order chi connectivity index (χ0) is 14.8. The van der Waals surface area contributed by atoms with E-state index < -0.39 is 0 Å². The van der Waals surface area contributed by atoms with Gasteiger partial charge in [-0.25, -0.2) is 0 Å². The summed E-state index contributed by atoms with van der Waals surface area (Å²) in [6.45, 7) is 4.15. The average molecular weight is 280 g/mol. The second-order valence-corrected chi connectivity index (χ2v) is 4.95. The third-order valence-corrected chi connectivity index (χ3v) is 3.53. The van der Waals surface area contributed by atoms with E-state index in [9.17, 15) is 0 Å². The summed E-state index contributed by atoms with van der Waals surface area (Å²) in [5.74, 6) is 1.91. The highest BCUT2D eigenvalue weighted by molar-refractivity contribution is 5.61. The molecule has 3 aromatic rings. The van der Waals surface area contributed by atoms with Gasteiger partial charge in [0.15, 0.2) is 0 Å². The van der Waals surface area contributed by atoms with Crippen LogP contribution in [0.5, 0.6) is 5.75 Å². The van der Waals surface area contributed by atoms with Gasteiger partial charge in [-0.2, -0.15) is 4.98 Å². The van der Waals surface area contributed by atoms with Gasteiger partial charge in [-0.15, -0.1) is 0 Å². The van der Waals surface area contributed by atoms with E-state index in [0.717, 1.165) is 16.9 Å². The Bertz CT molecular complexity index is 761. The molecule has 4 nitrogen and oxygen atoms in total. The first-order chi connectivity index (χ1) is 10.2. The molecule has 0 aliphatic rings. The van der Waals surface area contributed by atoms with E-state index >= 15 is 0 Å². The van der Waals surface area contributed by atoms with Crippen molar-refractivity contribution in [1.82, 2.24) is 10.1 Å². The summed E-state index contributed by atoms with van der Waals surface area (Å²) in [7, 11) is 1.64. The minimum absolute atomic E-state index is 0.531. The van der Waals surface area contributed by atoms with Crippen molar-refractivity contribution in [1.29, 1.82) is 0 Å². The number of nitrogens with zero attached hydrogens (tertiary/aromatic N) is 2. The van der Waals surface area contributed by atoms with Gasteiger partial charge in [0.25, 0.3) is 5.89 Å². The molecule has 1 heterocycles. The summed E-state index contributed by atoms with van der Waals surface area (Å²) < 4.78 is 10.5. The van der Waals surface area contributed by atoms with Crippen molar-refractivity contribution in [2.45, 2.75) is 13.8 Å². The Hall–Kier alpha value is -2.62. The molecule has 0 atom stereocenters. The van der Waals surface area contributed by atoms with E-state index in [1.807, 2.05) is 30.3 Å². The fourth-order valence-electron chi connectivity index (χ4n) is 2.07. The minimum atomic E-state index is 0.531. The molecule has 0 saturated heterocycles. The molecule has 21 heavy (non-hydrogen) atoms. The molecule has 106 valence electrons. The highest BCUT2D eigenvalue weighted by atomic mass is 16.5. The van der Waals surface area contributed by atoms with E-state index in [-0.39, 0.29) is 0 Å². The fraction of sp³-hybridized carbons (Fsp3) is 0.176. The molecule has 0 fully saturated rings. The lowest BCUT2D eigenvalue weighted by Crippen LogP contribution is -1.85. The van der Waals surface area contributed by atoms with Crippen LogP contribution in [-0.4, -0.2) is 17.3 Å². The summed E-state index contributed by atoms with van der Waals surface area (Å²) in [5.41, 5.74) is 4.28. The quantitative estimate of drug-likeness (QED) is 0.726. The molecule has 3 rings (SSSR count). The lowest BCUT2D eigenvalue weighted by molar-refractivity contribution is 0.415. The van der Waals surface area contributed by atoms with Crippen molar-refractivity contribution in [3.63, 3.8) is 0 Å². The molecule has 0 saturated carbocycles. The van der Waals surface area contributed by atoms with Crippen molar-refractivity contribution in [2.24, 2.45) is 0 Å². The van der Waals surface area contributed by atoms with Crippen LogP contribution in [0.25, 0.3) is 22.8 Å². The first kappa shape index (κ1) is 13.4. The van der Waals surface area contributed by atoms with Crippen LogP contribution in [0.4, 0.5) is 0 Å². The molecule has 1 aromatic heterocycles. The molecule has 0 aliphatic heterocycles. The summed E-state index contributed by atoms with van der Waals surface area (Å²) in [6, 6.07) is 13.7. The van der Waals surface area contributed by atoms with Crippen LogP contribution in [0.1, 0.15) is 11.1 Å². The summed E-state index contributed by atoms with van der Waals surface area (Å²) in [6.07, 6.45) is 0. The fourth-order valence-corrected chi connectivity index (χ4v) is 2.07. The van der Waals surface area contributed by atoms with Gasteiger partial charge in [-0.3, -0.25) is 0 Å². The summed E-state index contributed by atoms with van der Waals surface area (Å²) in [4.78, 5) is 4.46. The number of hydrogen-bond acceptors (Lipinski definition) is 4. The summed E-state index contributed by atoms with van der Waals surface area (Å²) >= 11 is 0. The number of aryl methyl sites for hydroxylation is 2. The van der Waals surface area contributed by atoms with Gasteiger partial charge in [0, 0.05) is 11.1 Å². The Kier molecular flexibility index (Phi) is 3.44.